The van der Waals surface area contributed by atoms with Crippen LogP contribution in [0.3, 0.4) is 0 Å². The molecule has 2 rings (SSSR count). The molecule has 2 heterocycles. The minimum Gasteiger partial charge on any atom is -0.380 e. The Morgan fingerprint density at radius 1 is 1.18 bits per heavy atom. The molecule has 0 saturated heterocycles. The van der Waals surface area contributed by atoms with Crippen molar-refractivity contribution in [2.24, 2.45) is 0 Å². The predicted octanol–water partition coefficient (Wildman–Crippen LogP) is 3.13. The molecule has 1 N–H and O–H groups in total. The average Bonchev–Trinajstić information content (AvgIpc) is 2.32. The number of anilines is 1. The third-order valence-electron chi connectivity index (χ3n) is 2.11. The maximum absolute atomic E-state index is 13.3. The molecule has 0 amide bonds. The molecule has 3 nitrogen and oxygen atoms in total. The molecule has 0 fully saturated rings. The molecule has 17 heavy (non-hydrogen) atoms. The van der Waals surface area contributed by atoms with Gasteiger partial charge in [-0.1, -0.05) is 0 Å². The lowest BCUT2D eigenvalue weighted by molar-refractivity contribution is 0.584. The summed E-state index contributed by atoms with van der Waals surface area (Å²) in [6, 6.07) is 4.36. The number of nitrogens with one attached hydrogen (secondary N) is 1. The molecule has 0 aliphatic rings. The van der Waals surface area contributed by atoms with Crippen LogP contribution in [0.5, 0.6) is 0 Å². The molecule has 0 aliphatic heterocycles. The maximum atomic E-state index is 13.3. The van der Waals surface area contributed by atoms with Gasteiger partial charge < -0.3 is 5.32 Å². The number of halogens is 3. The first-order valence-electron chi connectivity index (χ1n) is 4.80. The molecule has 2 aromatic rings. The van der Waals surface area contributed by atoms with Gasteiger partial charge in [0.15, 0.2) is 0 Å². The fourth-order valence-corrected chi connectivity index (χ4v) is 1.64. The lowest BCUT2D eigenvalue weighted by Crippen LogP contribution is -2.03. The van der Waals surface area contributed by atoms with E-state index in [9.17, 15) is 8.78 Å². The van der Waals surface area contributed by atoms with Gasteiger partial charge in [0.1, 0.15) is 10.4 Å². The Kier molecular flexibility index (Phi) is 3.63. The summed E-state index contributed by atoms with van der Waals surface area (Å²) in [7, 11) is 0. The highest BCUT2D eigenvalue weighted by Gasteiger charge is 2.03. The van der Waals surface area contributed by atoms with Crippen molar-refractivity contribution in [3.05, 3.63) is 52.5 Å². The predicted molar refractivity (Wildman–Crippen MR) is 63.4 cm³/mol. The summed E-state index contributed by atoms with van der Waals surface area (Å²) in [5.74, 6) is -0.941. The third kappa shape index (κ3) is 3.20. The maximum Gasteiger partial charge on any atom is 0.212 e. The first-order chi connectivity index (χ1) is 8.15. The Hall–Kier alpha value is -1.56. The van der Waals surface area contributed by atoms with Crippen molar-refractivity contribution in [1.29, 1.82) is 0 Å². The van der Waals surface area contributed by atoms with Crippen molar-refractivity contribution < 1.29 is 8.78 Å². The lowest BCUT2D eigenvalue weighted by atomic mass is 10.2. The van der Waals surface area contributed by atoms with E-state index in [1.807, 2.05) is 0 Å². The van der Waals surface area contributed by atoms with Gasteiger partial charge in [0.25, 0.3) is 0 Å². The highest BCUT2D eigenvalue weighted by Crippen LogP contribution is 2.14. The van der Waals surface area contributed by atoms with Gasteiger partial charge in [0, 0.05) is 12.1 Å². The van der Waals surface area contributed by atoms with Crippen molar-refractivity contribution in [2.75, 3.05) is 5.32 Å². The number of hydrogen-bond acceptors (Lipinski definition) is 3. The third-order valence-corrected chi connectivity index (χ3v) is 2.55. The van der Waals surface area contributed by atoms with Crippen LogP contribution in [0.4, 0.5) is 14.5 Å². The van der Waals surface area contributed by atoms with Gasteiger partial charge in [-0.3, -0.25) is 0 Å². The number of pyridine rings is 2. The van der Waals surface area contributed by atoms with Gasteiger partial charge in [-0.2, -0.15) is 4.39 Å². The zero-order chi connectivity index (χ0) is 12.3. The standard InChI is InChI=1S/C11H8BrF2N3/c12-10-3-7(9(13)6-16-10)4-15-8-1-2-11(14)17-5-8/h1-3,5-6,15H,4H2. The summed E-state index contributed by atoms with van der Waals surface area (Å²) in [6.45, 7) is 0.278. The van der Waals surface area contributed by atoms with E-state index in [1.54, 1.807) is 6.07 Å². The molecule has 0 radical (unpaired) electrons. The molecule has 88 valence electrons. The van der Waals surface area contributed by atoms with E-state index in [1.165, 1.54) is 18.3 Å². The van der Waals surface area contributed by atoms with Crippen molar-refractivity contribution in [2.45, 2.75) is 6.54 Å². The number of nitrogens with zero attached hydrogens (tertiary/aromatic N) is 2. The highest BCUT2D eigenvalue weighted by atomic mass is 79.9. The summed E-state index contributed by atoms with van der Waals surface area (Å²) in [5.41, 5.74) is 1.09. The topological polar surface area (TPSA) is 37.8 Å². The average molecular weight is 300 g/mol. The molecule has 0 atom stereocenters. The second kappa shape index (κ2) is 5.18. The second-order valence-corrected chi connectivity index (χ2v) is 4.13. The van der Waals surface area contributed by atoms with Crippen LogP contribution in [0, 0.1) is 11.8 Å². The molecule has 0 aliphatic carbocycles. The number of hydrogen-bond donors (Lipinski definition) is 1. The van der Waals surface area contributed by atoms with Gasteiger partial charge in [0.2, 0.25) is 5.95 Å². The monoisotopic (exact) mass is 299 g/mol. The SMILES string of the molecule is Fc1ccc(NCc2cc(Br)ncc2F)cn1. The minimum absolute atomic E-state index is 0.278. The Labute approximate surface area is 105 Å². The largest absolute Gasteiger partial charge is 0.380 e. The summed E-state index contributed by atoms with van der Waals surface area (Å²) in [6.07, 6.45) is 2.49. The molecule has 0 saturated carbocycles. The van der Waals surface area contributed by atoms with Gasteiger partial charge in [-0.05, 0) is 34.1 Å². The van der Waals surface area contributed by atoms with Crippen LogP contribution in [-0.4, -0.2) is 9.97 Å². The Morgan fingerprint density at radius 3 is 2.71 bits per heavy atom. The summed E-state index contributed by atoms with van der Waals surface area (Å²) >= 11 is 3.16. The van der Waals surface area contributed by atoms with E-state index in [0.29, 0.717) is 15.9 Å². The van der Waals surface area contributed by atoms with Crippen LogP contribution in [0.15, 0.2) is 35.2 Å². The summed E-state index contributed by atoms with van der Waals surface area (Å²) < 4.78 is 26.5. The van der Waals surface area contributed by atoms with Crippen LogP contribution in [0.2, 0.25) is 0 Å². The summed E-state index contributed by atoms with van der Waals surface area (Å²) in [4.78, 5) is 7.24. The molecule has 0 unspecified atom stereocenters. The molecular formula is C11H8BrF2N3. The Bertz CT molecular complexity index is 517. The van der Waals surface area contributed by atoms with E-state index in [4.69, 9.17) is 0 Å². The minimum atomic E-state index is -0.548. The second-order valence-electron chi connectivity index (χ2n) is 3.32. The summed E-state index contributed by atoms with van der Waals surface area (Å²) in [5, 5.41) is 2.94. The van der Waals surface area contributed by atoms with Gasteiger partial charge in [0.05, 0.1) is 18.1 Å². The van der Waals surface area contributed by atoms with Crippen LogP contribution >= 0.6 is 15.9 Å². The molecule has 0 spiro atoms. The van der Waals surface area contributed by atoms with Crippen molar-refractivity contribution in [1.82, 2.24) is 9.97 Å². The van der Waals surface area contributed by atoms with E-state index in [2.05, 4.69) is 31.2 Å². The molecule has 6 heteroatoms. The van der Waals surface area contributed by atoms with Crippen molar-refractivity contribution in [3.8, 4) is 0 Å². The van der Waals surface area contributed by atoms with Gasteiger partial charge >= 0.3 is 0 Å². The van der Waals surface area contributed by atoms with E-state index < -0.39 is 11.8 Å². The van der Waals surface area contributed by atoms with Crippen molar-refractivity contribution in [3.63, 3.8) is 0 Å². The van der Waals surface area contributed by atoms with E-state index >= 15 is 0 Å². The quantitative estimate of drug-likeness (QED) is 0.885. The first-order valence-corrected chi connectivity index (χ1v) is 5.60. The molecule has 0 bridgehead atoms. The molecule has 2 aromatic heterocycles. The van der Waals surface area contributed by atoms with Gasteiger partial charge in [-0.15, -0.1) is 0 Å². The number of rotatable bonds is 3. The normalized spacial score (nSPS) is 10.3. The zero-order valence-electron chi connectivity index (χ0n) is 8.62. The van der Waals surface area contributed by atoms with Crippen LogP contribution in [0.25, 0.3) is 0 Å². The first kappa shape index (κ1) is 11.9. The molecule has 0 aromatic carbocycles. The van der Waals surface area contributed by atoms with E-state index in [0.717, 1.165) is 6.20 Å². The van der Waals surface area contributed by atoms with Crippen LogP contribution in [0.1, 0.15) is 5.56 Å². The van der Waals surface area contributed by atoms with Gasteiger partial charge in [-0.25, -0.2) is 14.4 Å². The lowest BCUT2D eigenvalue weighted by Gasteiger charge is -2.07. The van der Waals surface area contributed by atoms with Crippen LogP contribution in [-0.2, 0) is 6.54 Å². The Balaban J connectivity index is 2.07. The molecular weight excluding hydrogens is 292 g/mol. The smallest absolute Gasteiger partial charge is 0.212 e. The van der Waals surface area contributed by atoms with Crippen molar-refractivity contribution >= 4 is 21.6 Å². The highest BCUT2D eigenvalue weighted by molar-refractivity contribution is 9.10. The fourth-order valence-electron chi connectivity index (χ4n) is 1.26. The zero-order valence-corrected chi connectivity index (χ0v) is 10.2. The van der Waals surface area contributed by atoms with E-state index in [-0.39, 0.29) is 6.54 Å². The fraction of sp³-hybridized carbons (Fsp3) is 0.0909. The number of aromatic nitrogens is 2. The Morgan fingerprint density at radius 2 is 2.00 bits per heavy atom. The van der Waals surface area contributed by atoms with Crippen LogP contribution < -0.4 is 5.32 Å².